The molecule has 0 radical (unpaired) electrons. The van der Waals surface area contributed by atoms with Crippen LogP contribution < -0.4 is 5.32 Å². The first-order chi connectivity index (χ1) is 5.99. The molecule has 4 heteroatoms. The lowest BCUT2D eigenvalue weighted by Gasteiger charge is -2.18. The third-order valence-electron chi connectivity index (χ3n) is 1.47. The van der Waals surface area contributed by atoms with Crippen molar-refractivity contribution >= 4 is 5.91 Å². The summed E-state index contributed by atoms with van der Waals surface area (Å²) in [7, 11) is 0. The molecule has 1 heterocycles. The van der Waals surface area contributed by atoms with E-state index in [0.29, 0.717) is 12.1 Å². The standard InChI is InChI=1S/C9H14N2O2/c1-9(2,3)6-10-8(12)7-4-11-13-5-7/h4-5H,6H2,1-3H3,(H,10,12). The van der Waals surface area contributed by atoms with Crippen molar-refractivity contribution in [1.82, 2.24) is 10.5 Å². The second-order valence-electron chi connectivity index (χ2n) is 4.16. The molecule has 1 N–H and O–H groups in total. The third-order valence-corrected chi connectivity index (χ3v) is 1.47. The maximum absolute atomic E-state index is 11.3. The molecule has 0 fully saturated rings. The molecule has 0 spiro atoms. The number of amides is 1. The van der Waals surface area contributed by atoms with Crippen molar-refractivity contribution in [2.75, 3.05) is 6.54 Å². The zero-order chi connectivity index (χ0) is 9.90. The first kappa shape index (κ1) is 9.77. The molecule has 0 aliphatic rings. The quantitative estimate of drug-likeness (QED) is 0.753. The van der Waals surface area contributed by atoms with Crippen molar-refractivity contribution < 1.29 is 9.32 Å². The van der Waals surface area contributed by atoms with Gasteiger partial charge in [-0.2, -0.15) is 0 Å². The summed E-state index contributed by atoms with van der Waals surface area (Å²) in [5.41, 5.74) is 0.552. The number of hydrogen-bond acceptors (Lipinski definition) is 3. The van der Waals surface area contributed by atoms with E-state index in [1.165, 1.54) is 12.5 Å². The van der Waals surface area contributed by atoms with E-state index in [0.717, 1.165) is 0 Å². The topological polar surface area (TPSA) is 55.1 Å². The molecule has 4 nitrogen and oxygen atoms in total. The van der Waals surface area contributed by atoms with Gasteiger partial charge in [0.05, 0.1) is 11.8 Å². The molecule has 0 unspecified atom stereocenters. The number of hydrogen-bond donors (Lipinski definition) is 1. The number of carbonyl (C=O) groups excluding carboxylic acids is 1. The SMILES string of the molecule is CC(C)(C)CNC(=O)c1cnoc1. The summed E-state index contributed by atoms with van der Waals surface area (Å²) in [4.78, 5) is 11.3. The number of nitrogens with one attached hydrogen (secondary N) is 1. The summed E-state index contributed by atoms with van der Waals surface area (Å²) in [5.74, 6) is -0.142. The molecule has 0 saturated heterocycles. The van der Waals surface area contributed by atoms with E-state index < -0.39 is 0 Å². The summed E-state index contributed by atoms with van der Waals surface area (Å²) in [6, 6.07) is 0. The minimum Gasteiger partial charge on any atom is -0.364 e. The molecule has 0 aliphatic heterocycles. The van der Waals surface area contributed by atoms with Gasteiger partial charge in [0.1, 0.15) is 6.26 Å². The third kappa shape index (κ3) is 3.27. The van der Waals surface area contributed by atoms with Crippen LogP contribution in [0.15, 0.2) is 17.0 Å². The molecule has 0 aromatic carbocycles. The van der Waals surface area contributed by atoms with E-state index in [9.17, 15) is 4.79 Å². The Labute approximate surface area is 77.3 Å². The lowest BCUT2D eigenvalue weighted by Crippen LogP contribution is -2.31. The molecule has 72 valence electrons. The monoisotopic (exact) mass is 182 g/mol. The minimum atomic E-state index is -0.142. The van der Waals surface area contributed by atoms with Gasteiger partial charge < -0.3 is 9.84 Å². The van der Waals surface area contributed by atoms with Crippen molar-refractivity contribution in [3.63, 3.8) is 0 Å². The van der Waals surface area contributed by atoms with Crippen molar-refractivity contribution in [3.8, 4) is 0 Å². The molecule has 0 aliphatic carbocycles. The molecule has 0 bridgehead atoms. The minimum absolute atomic E-state index is 0.0901. The Morgan fingerprint density at radius 2 is 2.31 bits per heavy atom. The summed E-state index contributed by atoms with van der Waals surface area (Å²) < 4.78 is 4.56. The first-order valence-corrected chi connectivity index (χ1v) is 4.17. The summed E-state index contributed by atoms with van der Waals surface area (Å²) in [6.07, 6.45) is 2.73. The molecular weight excluding hydrogens is 168 g/mol. The van der Waals surface area contributed by atoms with Crippen molar-refractivity contribution in [1.29, 1.82) is 0 Å². The van der Waals surface area contributed by atoms with E-state index in [1.807, 2.05) is 0 Å². The van der Waals surface area contributed by atoms with Gasteiger partial charge in [-0.1, -0.05) is 25.9 Å². The second kappa shape index (κ2) is 3.60. The van der Waals surface area contributed by atoms with Gasteiger partial charge in [-0.05, 0) is 5.41 Å². The van der Waals surface area contributed by atoms with Crippen LogP contribution in [0.5, 0.6) is 0 Å². The van der Waals surface area contributed by atoms with Crippen LogP contribution in [-0.2, 0) is 0 Å². The fourth-order valence-corrected chi connectivity index (χ4v) is 0.765. The van der Waals surface area contributed by atoms with Gasteiger partial charge in [0.15, 0.2) is 0 Å². The molecule has 0 saturated carbocycles. The maximum atomic E-state index is 11.3. The van der Waals surface area contributed by atoms with Crippen LogP contribution >= 0.6 is 0 Å². The largest absolute Gasteiger partial charge is 0.364 e. The zero-order valence-electron chi connectivity index (χ0n) is 8.13. The maximum Gasteiger partial charge on any atom is 0.256 e. The Kier molecular flexibility index (Phi) is 2.70. The fourth-order valence-electron chi connectivity index (χ4n) is 0.765. The Hall–Kier alpha value is -1.32. The lowest BCUT2D eigenvalue weighted by atomic mass is 9.97. The highest BCUT2D eigenvalue weighted by Crippen LogP contribution is 2.10. The van der Waals surface area contributed by atoms with Gasteiger partial charge in [0.25, 0.3) is 5.91 Å². The molecule has 0 atom stereocenters. The summed E-state index contributed by atoms with van der Waals surface area (Å²) in [6.45, 7) is 6.81. The lowest BCUT2D eigenvalue weighted by molar-refractivity contribution is 0.0938. The average Bonchev–Trinajstić information content (AvgIpc) is 2.50. The normalized spacial score (nSPS) is 11.3. The molecular formula is C9H14N2O2. The van der Waals surface area contributed by atoms with Crippen LogP contribution in [0.2, 0.25) is 0 Å². The molecule has 1 rings (SSSR count). The second-order valence-corrected chi connectivity index (χ2v) is 4.16. The fraction of sp³-hybridized carbons (Fsp3) is 0.556. The van der Waals surface area contributed by atoms with Crippen LogP contribution in [0.1, 0.15) is 31.1 Å². The van der Waals surface area contributed by atoms with Crippen LogP contribution in [0.25, 0.3) is 0 Å². The van der Waals surface area contributed by atoms with Gasteiger partial charge >= 0.3 is 0 Å². The zero-order valence-corrected chi connectivity index (χ0v) is 8.13. The van der Waals surface area contributed by atoms with Crippen molar-refractivity contribution in [2.45, 2.75) is 20.8 Å². The van der Waals surface area contributed by atoms with E-state index in [1.54, 1.807) is 0 Å². The van der Waals surface area contributed by atoms with Crippen LogP contribution in [-0.4, -0.2) is 17.6 Å². The highest BCUT2D eigenvalue weighted by Gasteiger charge is 2.13. The number of aromatic nitrogens is 1. The molecule has 1 aromatic heterocycles. The Morgan fingerprint density at radius 3 is 2.77 bits per heavy atom. The smallest absolute Gasteiger partial charge is 0.256 e. The molecule has 1 aromatic rings. The Morgan fingerprint density at radius 1 is 1.62 bits per heavy atom. The van der Waals surface area contributed by atoms with E-state index in [4.69, 9.17) is 0 Å². The number of carbonyl (C=O) groups is 1. The van der Waals surface area contributed by atoms with Gasteiger partial charge in [0, 0.05) is 6.54 Å². The predicted molar refractivity (Wildman–Crippen MR) is 48.3 cm³/mol. The summed E-state index contributed by atoms with van der Waals surface area (Å²) >= 11 is 0. The van der Waals surface area contributed by atoms with Gasteiger partial charge in [-0.3, -0.25) is 4.79 Å². The van der Waals surface area contributed by atoms with Crippen LogP contribution in [0.3, 0.4) is 0 Å². The van der Waals surface area contributed by atoms with E-state index in [-0.39, 0.29) is 11.3 Å². The molecule has 1 amide bonds. The molecule has 13 heavy (non-hydrogen) atoms. The van der Waals surface area contributed by atoms with E-state index in [2.05, 4.69) is 35.8 Å². The highest BCUT2D eigenvalue weighted by molar-refractivity contribution is 5.93. The van der Waals surface area contributed by atoms with Crippen molar-refractivity contribution in [3.05, 3.63) is 18.0 Å². The number of rotatable bonds is 2. The van der Waals surface area contributed by atoms with Crippen LogP contribution in [0.4, 0.5) is 0 Å². The Balaban J connectivity index is 2.44. The summed E-state index contributed by atoms with van der Waals surface area (Å²) in [5, 5.41) is 6.24. The van der Waals surface area contributed by atoms with Gasteiger partial charge in [-0.25, -0.2) is 0 Å². The van der Waals surface area contributed by atoms with Gasteiger partial charge in [0.2, 0.25) is 0 Å². The average molecular weight is 182 g/mol. The number of nitrogens with zero attached hydrogens (tertiary/aromatic N) is 1. The van der Waals surface area contributed by atoms with Gasteiger partial charge in [-0.15, -0.1) is 0 Å². The Bertz CT molecular complexity index is 272. The predicted octanol–water partition coefficient (Wildman–Crippen LogP) is 1.45. The highest BCUT2D eigenvalue weighted by atomic mass is 16.5. The van der Waals surface area contributed by atoms with E-state index >= 15 is 0 Å². The van der Waals surface area contributed by atoms with Crippen molar-refractivity contribution in [2.24, 2.45) is 5.41 Å². The first-order valence-electron chi connectivity index (χ1n) is 4.17. The van der Waals surface area contributed by atoms with Crippen LogP contribution in [0, 0.1) is 5.41 Å².